The standard InChI is InChI=1S/C13H23N3O7.3ClH/c14-11(13(18)19)2-3-12(17)22-9-1-6-15-7-4-10(5-8-15)23-16(20)21;;;/h10-11H,1-9,14H2,(H,18,19);3*1H/t11-;;;/m0.../s1. The van der Waals surface area contributed by atoms with Gasteiger partial charge in [0.25, 0.3) is 5.09 Å². The lowest BCUT2D eigenvalue weighted by Crippen LogP contribution is -2.38. The summed E-state index contributed by atoms with van der Waals surface area (Å²) < 4.78 is 5.01. The van der Waals surface area contributed by atoms with Crippen molar-refractivity contribution in [1.82, 2.24) is 4.90 Å². The zero-order valence-corrected chi connectivity index (χ0v) is 16.6. The third kappa shape index (κ3) is 13.2. The summed E-state index contributed by atoms with van der Waals surface area (Å²) >= 11 is 0. The van der Waals surface area contributed by atoms with Crippen LogP contribution in [0, 0.1) is 10.1 Å². The monoisotopic (exact) mass is 441 g/mol. The highest BCUT2D eigenvalue weighted by Crippen LogP contribution is 2.13. The summed E-state index contributed by atoms with van der Waals surface area (Å²) in [6.45, 7) is 2.40. The molecule has 1 heterocycles. The molecule has 0 aromatic carbocycles. The number of carboxylic acid groups (broad SMARTS) is 1. The molecule has 0 saturated carbocycles. The Morgan fingerprint density at radius 3 is 2.35 bits per heavy atom. The molecular formula is C13H26Cl3N3O7. The fourth-order valence-electron chi connectivity index (χ4n) is 2.30. The highest BCUT2D eigenvalue weighted by atomic mass is 35.5. The summed E-state index contributed by atoms with van der Waals surface area (Å²) in [5.41, 5.74) is 5.29. The first-order valence-corrected chi connectivity index (χ1v) is 7.56. The lowest BCUT2D eigenvalue weighted by Gasteiger charge is -2.30. The van der Waals surface area contributed by atoms with Gasteiger partial charge in [-0.3, -0.25) is 9.59 Å². The number of rotatable bonds is 10. The fourth-order valence-corrected chi connectivity index (χ4v) is 2.30. The number of nitrogens with two attached hydrogens (primary N) is 1. The van der Waals surface area contributed by atoms with Crippen molar-refractivity contribution in [3.63, 3.8) is 0 Å². The lowest BCUT2D eigenvalue weighted by atomic mass is 10.1. The van der Waals surface area contributed by atoms with Crippen LogP contribution >= 0.6 is 37.2 Å². The number of hydrogen-bond acceptors (Lipinski definition) is 8. The Hall–Kier alpha value is -1.07. The second-order valence-corrected chi connectivity index (χ2v) is 5.43. The minimum atomic E-state index is -1.14. The van der Waals surface area contributed by atoms with Gasteiger partial charge in [0.1, 0.15) is 12.1 Å². The summed E-state index contributed by atoms with van der Waals surface area (Å²) in [6, 6.07) is -1.05. The van der Waals surface area contributed by atoms with E-state index in [1.54, 1.807) is 0 Å². The molecule has 13 heteroatoms. The van der Waals surface area contributed by atoms with Gasteiger partial charge in [0.15, 0.2) is 0 Å². The smallest absolute Gasteiger partial charge is 0.320 e. The maximum atomic E-state index is 11.4. The van der Waals surface area contributed by atoms with E-state index in [0.29, 0.717) is 32.4 Å². The van der Waals surface area contributed by atoms with Crippen LogP contribution in [0.4, 0.5) is 0 Å². The largest absolute Gasteiger partial charge is 0.480 e. The molecule has 10 nitrogen and oxygen atoms in total. The van der Waals surface area contributed by atoms with Crippen LogP contribution in [-0.4, -0.2) is 65.4 Å². The van der Waals surface area contributed by atoms with Crippen LogP contribution in [0.5, 0.6) is 0 Å². The van der Waals surface area contributed by atoms with Crippen molar-refractivity contribution in [2.24, 2.45) is 5.73 Å². The van der Waals surface area contributed by atoms with E-state index in [4.69, 9.17) is 15.6 Å². The van der Waals surface area contributed by atoms with Crippen molar-refractivity contribution in [3.8, 4) is 0 Å². The summed E-state index contributed by atoms with van der Waals surface area (Å²) in [7, 11) is 0. The number of ether oxygens (including phenoxy) is 1. The van der Waals surface area contributed by atoms with Gasteiger partial charge in [-0.1, -0.05) is 0 Å². The highest BCUT2D eigenvalue weighted by Gasteiger charge is 2.21. The molecule has 1 saturated heterocycles. The molecule has 0 aromatic rings. The van der Waals surface area contributed by atoms with Gasteiger partial charge < -0.3 is 25.3 Å². The van der Waals surface area contributed by atoms with Crippen LogP contribution in [-0.2, 0) is 19.2 Å². The van der Waals surface area contributed by atoms with Gasteiger partial charge in [-0.05, 0) is 25.7 Å². The zero-order chi connectivity index (χ0) is 17.2. The maximum Gasteiger partial charge on any atom is 0.320 e. The van der Waals surface area contributed by atoms with Crippen LogP contribution in [0.25, 0.3) is 0 Å². The molecule has 1 rings (SSSR count). The molecule has 0 radical (unpaired) electrons. The molecule has 26 heavy (non-hydrogen) atoms. The third-order valence-corrected chi connectivity index (χ3v) is 3.63. The van der Waals surface area contributed by atoms with Crippen LogP contribution in [0.1, 0.15) is 32.1 Å². The van der Waals surface area contributed by atoms with Gasteiger partial charge in [0, 0.05) is 26.1 Å². The molecule has 1 atom stereocenters. The minimum Gasteiger partial charge on any atom is -0.480 e. The van der Waals surface area contributed by atoms with E-state index in [2.05, 4.69) is 9.74 Å². The van der Waals surface area contributed by atoms with E-state index in [9.17, 15) is 19.7 Å². The van der Waals surface area contributed by atoms with Gasteiger partial charge in [0.2, 0.25) is 0 Å². The highest BCUT2D eigenvalue weighted by molar-refractivity contribution is 5.86. The predicted molar refractivity (Wildman–Crippen MR) is 99.7 cm³/mol. The SMILES string of the molecule is Cl.Cl.Cl.N[C@@H](CCC(=O)OCCCN1CCC(O[N+](=O)[O-])CC1)C(=O)O. The third-order valence-electron chi connectivity index (χ3n) is 3.63. The van der Waals surface area contributed by atoms with E-state index in [1.165, 1.54) is 0 Å². The molecule has 1 fully saturated rings. The summed E-state index contributed by atoms with van der Waals surface area (Å²) in [6.07, 6.45) is 1.56. The zero-order valence-electron chi connectivity index (χ0n) is 14.1. The Bertz CT molecular complexity index is 424. The van der Waals surface area contributed by atoms with Crippen molar-refractivity contribution in [3.05, 3.63) is 10.1 Å². The topological polar surface area (TPSA) is 145 Å². The molecule has 1 aliphatic heterocycles. The van der Waals surface area contributed by atoms with E-state index < -0.39 is 23.1 Å². The first-order valence-electron chi connectivity index (χ1n) is 7.56. The van der Waals surface area contributed by atoms with Gasteiger partial charge in [0.05, 0.1) is 6.61 Å². The Labute approximate surface area is 170 Å². The second kappa shape index (κ2) is 16.1. The second-order valence-electron chi connectivity index (χ2n) is 5.43. The van der Waals surface area contributed by atoms with E-state index >= 15 is 0 Å². The number of likely N-dealkylation sites (tertiary alicyclic amines) is 1. The van der Waals surface area contributed by atoms with E-state index in [-0.39, 0.29) is 62.8 Å². The molecule has 0 spiro atoms. The molecular weight excluding hydrogens is 417 g/mol. The normalized spacial score (nSPS) is 15.4. The Kier molecular flexibility index (Phi) is 18.4. The number of hydrogen-bond donors (Lipinski definition) is 2. The van der Waals surface area contributed by atoms with E-state index in [0.717, 1.165) is 6.54 Å². The van der Waals surface area contributed by atoms with Gasteiger partial charge >= 0.3 is 11.9 Å². The van der Waals surface area contributed by atoms with Crippen molar-refractivity contribution >= 4 is 49.2 Å². The number of aliphatic carboxylic acids is 1. The van der Waals surface area contributed by atoms with Crippen LogP contribution in [0.15, 0.2) is 0 Å². The van der Waals surface area contributed by atoms with Crippen molar-refractivity contribution < 1.29 is 29.4 Å². The quantitative estimate of drug-likeness (QED) is 0.219. The Morgan fingerprint density at radius 2 is 1.85 bits per heavy atom. The maximum absolute atomic E-state index is 11.4. The molecule has 0 bridgehead atoms. The van der Waals surface area contributed by atoms with Gasteiger partial charge in [-0.15, -0.1) is 47.3 Å². The van der Waals surface area contributed by atoms with Crippen LogP contribution in [0.3, 0.4) is 0 Å². The average Bonchev–Trinajstić information content (AvgIpc) is 2.50. The summed E-state index contributed by atoms with van der Waals surface area (Å²) in [5.74, 6) is -1.60. The number of nitrogens with zero attached hydrogens (tertiary/aromatic N) is 2. The van der Waals surface area contributed by atoms with Gasteiger partial charge in [-0.2, -0.15) is 0 Å². The number of halogens is 3. The number of carbonyl (C=O) groups excluding carboxylic acids is 1. The summed E-state index contributed by atoms with van der Waals surface area (Å²) in [5, 5.41) is 18.1. The first-order chi connectivity index (χ1) is 10.9. The number of piperidine rings is 1. The lowest BCUT2D eigenvalue weighted by molar-refractivity contribution is -0.769. The first kappa shape index (κ1) is 29.7. The Morgan fingerprint density at radius 1 is 1.27 bits per heavy atom. The minimum absolute atomic E-state index is 0. The molecule has 0 aromatic heterocycles. The Balaban J connectivity index is -0.00000176. The average molecular weight is 443 g/mol. The van der Waals surface area contributed by atoms with Crippen molar-refractivity contribution in [2.75, 3.05) is 26.2 Å². The van der Waals surface area contributed by atoms with Crippen LogP contribution < -0.4 is 5.73 Å². The summed E-state index contributed by atoms with van der Waals surface area (Å²) in [4.78, 5) is 38.8. The fraction of sp³-hybridized carbons (Fsp3) is 0.846. The predicted octanol–water partition coefficient (Wildman–Crippen LogP) is 1.05. The molecule has 0 aliphatic carbocycles. The molecule has 0 amide bonds. The number of carbonyl (C=O) groups is 2. The molecule has 156 valence electrons. The van der Waals surface area contributed by atoms with Crippen molar-refractivity contribution in [1.29, 1.82) is 0 Å². The van der Waals surface area contributed by atoms with Crippen molar-refractivity contribution in [2.45, 2.75) is 44.2 Å². The number of esters is 1. The number of carboxylic acids is 1. The molecule has 0 unspecified atom stereocenters. The van der Waals surface area contributed by atoms with Crippen LogP contribution in [0.2, 0.25) is 0 Å². The van der Waals surface area contributed by atoms with E-state index in [1.807, 2.05) is 0 Å². The molecule has 3 N–H and O–H groups in total. The molecule has 1 aliphatic rings. The van der Waals surface area contributed by atoms with Gasteiger partial charge in [-0.25, -0.2) is 0 Å².